The van der Waals surface area contributed by atoms with Crippen LogP contribution in [-0.2, 0) is 0 Å². The second-order valence-electron chi connectivity index (χ2n) is 3.88. The first kappa shape index (κ1) is 12.0. The molecule has 1 aromatic rings. The van der Waals surface area contributed by atoms with Crippen LogP contribution < -0.4 is 11.1 Å². The molecular weight excluding hydrogens is 288 g/mol. The van der Waals surface area contributed by atoms with E-state index < -0.39 is 0 Å². The van der Waals surface area contributed by atoms with E-state index in [2.05, 4.69) is 37.5 Å². The summed E-state index contributed by atoms with van der Waals surface area (Å²) < 4.78 is 0.766. The number of halogens is 1. The third-order valence-electron chi connectivity index (χ3n) is 2.89. The molecule has 1 fully saturated rings. The number of nitrogen functional groups attached to an aromatic ring is 1. The van der Waals surface area contributed by atoms with Gasteiger partial charge in [-0.3, -0.25) is 0 Å². The molecule has 0 amide bonds. The van der Waals surface area contributed by atoms with Gasteiger partial charge in [-0.25, -0.2) is 9.97 Å². The van der Waals surface area contributed by atoms with Crippen LogP contribution in [0.1, 0.15) is 19.3 Å². The minimum Gasteiger partial charge on any atom is -0.383 e. The van der Waals surface area contributed by atoms with Crippen LogP contribution >= 0.6 is 27.7 Å². The van der Waals surface area contributed by atoms with E-state index >= 15 is 0 Å². The molecule has 2 unspecified atom stereocenters. The smallest absolute Gasteiger partial charge is 0.146 e. The zero-order chi connectivity index (χ0) is 11.5. The Balaban J connectivity index is 2.11. The number of nitrogens with one attached hydrogen (secondary N) is 1. The van der Waals surface area contributed by atoms with Crippen molar-refractivity contribution in [1.82, 2.24) is 9.97 Å². The first-order valence-electron chi connectivity index (χ1n) is 5.27. The molecule has 0 radical (unpaired) electrons. The maximum Gasteiger partial charge on any atom is 0.146 e. The molecule has 0 spiro atoms. The summed E-state index contributed by atoms with van der Waals surface area (Å²) in [7, 11) is 0. The summed E-state index contributed by atoms with van der Waals surface area (Å²) in [5, 5.41) is 4.12. The second-order valence-corrected chi connectivity index (χ2v) is 5.75. The Morgan fingerprint density at radius 2 is 2.31 bits per heavy atom. The molecule has 3 N–H and O–H groups in total. The van der Waals surface area contributed by atoms with Crippen molar-refractivity contribution >= 4 is 39.3 Å². The van der Waals surface area contributed by atoms with E-state index in [9.17, 15) is 0 Å². The Labute approximate surface area is 108 Å². The lowest BCUT2D eigenvalue weighted by Crippen LogP contribution is -2.26. The normalized spacial score (nSPS) is 24.6. The van der Waals surface area contributed by atoms with Crippen LogP contribution in [0.2, 0.25) is 0 Å². The molecule has 0 aliphatic heterocycles. The topological polar surface area (TPSA) is 63.8 Å². The van der Waals surface area contributed by atoms with E-state index in [0.717, 1.165) is 10.3 Å². The second kappa shape index (κ2) is 5.23. The van der Waals surface area contributed by atoms with Crippen LogP contribution in [-0.4, -0.2) is 27.5 Å². The number of thioether (sulfide) groups is 1. The van der Waals surface area contributed by atoms with Gasteiger partial charge in [0.05, 0.1) is 0 Å². The van der Waals surface area contributed by atoms with Gasteiger partial charge < -0.3 is 11.1 Å². The summed E-state index contributed by atoms with van der Waals surface area (Å²) in [5.41, 5.74) is 5.72. The van der Waals surface area contributed by atoms with Crippen molar-refractivity contribution in [1.29, 1.82) is 0 Å². The van der Waals surface area contributed by atoms with Gasteiger partial charge in [0, 0.05) is 11.3 Å². The quantitative estimate of drug-likeness (QED) is 0.898. The molecule has 1 aromatic heterocycles. The summed E-state index contributed by atoms with van der Waals surface area (Å²) in [4.78, 5) is 8.14. The van der Waals surface area contributed by atoms with Crippen LogP contribution in [0.25, 0.3) is 0 Å². The predicted octanol–water partition coefficient (Wildman–Crippen LogP) is 2.52. The van der Waals surface area contributed by atoms with Gasteiger partial charge in [-0.1, -0.05) is 6.42 Å². The summed E-state index contributed by atoms with van der Waals surface area (Å²) in [5.74, 6) is 1.29. The number of nitrogens with zero attached hydrogens (tertiary/aromatic N) is 2. The first-order chi connectivity index (χ1) is 7.72. The Morgan fingerprint density at radius 1 is 1.50 bits per heavy atom. The highest BCUT2D eigenvalue weighted by molar-refractivity contribution is 9.10. The fourth-order valence-corrected chi connectivity index (χ4v) is 3.29. The SMILES string of the molecule is CSC1CCCC1Nc1ncnc(N)c1Br. The maximum atomic E-state index is 5.72. The van der Waals surface area contributed by atoms with E-state index in [1.165, 1.54) is 25.6 Å². The minimum absolute atomic E-state index is 0.483. The molecule has 16 heavy (non-hydrogen) atoms. The fourth-order valence-electron chi connectivity index (χ4n) is 2.03. The van der Waals surface area contributed by atoms with Gasteiger partial charge >= 0.3 is 0 Å². The van der Waals surface area contributed by atoms with E-state index in [4.69, 9.17) is 5.73 Å². The molecular formula is C10H15BrN4S. The number of hydrogen-bond acceptors (Lipinski definition) is 5. The molecule has 1 aliphatic carbocycles. The summed E-state index contributed by atoms with van der Waals surface area (Å²) in [6.07, 6.45) is 7.40. The number of nitrogens with two attached hydrogens (primary N) is 1. The molecule has 6 heteroatoms. The Morgan fingerprint density at radius 3 is 3.06 bits per heavy atom. The molecule has 0 saturated heterocycles. The molecule has 4 nitrogen and oxygen atoms in total. The van der Waals surface area contributed by atoms with E-state index in [1.54, 1.807) is 0 Å². The van der Waals surface area contributed by atoms with E-state index in [0.29, 0.717) is 17.1 Å². The van der Waals surface area contributed by atoms with Crippen molar-refractivity contribution in [2.45, 2.75) is 30.6 Å². The van der Waals surface area contributed by atoms with Gasteiger partial charge in [-0.05, 0) is 35.0 Å². The third kappa shape index (κ3) is 2.43. The van der Waals surface area contributed by atoms with Gasteiger partial charge in [0.15, 0.2) is 0 Å². The predicted molar refractivity (Wildman–Crippen MR) is 72.7 cm³/mol. The minimum atomic E-state index is 0.483. The van der Waals surface area contributed by atoms with Crippen molar-refractivity contribution < 1.29 is 0 Å². The van der Waals surface area contributed by atoms with Crippen molar-refractivity contribution in [2.75, 3.05) is 17.3 Å². The van der Waals surface area contributed by atoms with E-state index in [1.807, 2.05) is 11.8 Å². The molecule has 0 bridgehead atoms. The Kier molecular flexibility index (Phi) is 3.91. The lowest BCUT2D eigenvalue weighted by Gasteiger charge is -2.20. The van der Waals surface area contributed by atoms with Crippen molar-refractivity contribution in [3.8, 4) is 0 Å². The van der Waals surface area contributed by atoms with Crippen LogP contribution in [0, 0.1) is 0 Å². The Hall–Kier alpha value is -0.490. The van der Waals surface area contributed by atoms with Crippen molar-refractivity contribution in [3.63, 3.8) is 0 Å². The highest BCUT2D eigenvalue weighted by Crippen LogP contribution is 2.32. The van der Waals surface area contributed by atoms with Crippen molar-refractivity contribution in [2.24, 2.45) is 0 Å². The zero-order valence-corrected chi connectivity index (χ0v) is 11.5. The van der Waals surface area contributed by atoms with Crippen LogP contribution in [0.3, 0.4) is 0 Å². The molecule has 0 aromatic carbocycles. The van der Waals surface area contributed by atoms with Gasteiger partial charge in [-0.2, -0.15) is 11.8 Å². The van der Waals surface area contributed by atoms with Gasteiger partial charge in [0.25, 0.3) is 0 Å². The average molecular weight is 303 g/mol. The lowest BCUT2D eigenvalue weighted by atomic mass is 10.2. The number of anilines is 2. The summed E-state index contributed by atoms with van der Waals surface area (Å²) in [6, 6.07) is 0.487. The number of hydrogen-bond donors (Lipinski definition) is 2. The van der Waals surface area contributed by atoms with Crippen molar-refractivity contribution in [3.05, 3.63) is 10.8 Å². The third-order valence-corrected chi connectivity index (χ3v) is 4.85. The molecule has 2 rings (SSSR count). The summed E-state index contributed by atoms with van der Waals surface area (Å²) >= 11 is 5.33. The number of rotatable bonds is 3. The summed E-state index contributed by atoms with van der Waals surface area (Å²) in [6.45, 7) is 0. The fraction of sp³-hybridized carbons (Fsp3) is 0.600. The first-order valence-corrected chi connectivity index (χ1v) is 7.35. The van der Waals surface area contributed by atoms with Gasteiger partial charge in [-0.15, -0.1) is 0 Å². The van der Waals surface area contributed by atoms with Crippen LogP contribution in [0.15, 0.2) is 10.8 Å². The monoisotopic (exact) mass is 302 g/mol. The van der Waals surface area contributed by atoms with Gasteiger partial charge in [0.2, 0.25) is 0 Å². The highest BCUT2D eigenvalue weighted by Gasteiger charge is 2.27. The highest BCUT2D eigenvalue weighted by atomic mass is 79.9. The van der Waals surface area contributed by atoms with Crippen LogP contribution in [0.5, 0.6) is 0 Å². The molecule has 2 atom stereocenters. The molecule has 1 aliphatic rings. The van der Waals surface area contributed by atoms with Gasteiger partial charge in [0.1, 0.15) is 22.4 Å². The largest absolute Gasteiger partial charge is 0.383 e. The molecule has 1 heterocycles. The molecule has 1 saturated carbocycles. The number of aromatic nitrogens is 2. The van der Waals surface area contributed by atoms with Crippen LogP contribution in [0.4, 0.5) is 11.6 Å². The zero-order valence-electron chi connectivity index (χ0n) is 9.11. The average Bonchev–Trinajstić information content (AvgIpc) is 2.72. The Bertz CT molecular complexity index is 374. The molecule has 88 valence electrons. The lowest BCUT2D eigenvalue weighted by molar-refractivity contribution is 0.762. The standard InChI is InChI=1S/C10H15BrN4S/c1-16-7-4-2-3-6(7)15-10-8(11)9(12)13-5-14-10/h5-7H,2-4H2,1H3,(H3,12,13,14,15). The maximum absolute atomic E-state index is 5.72. The van der Waals surface area contributed by atoms with E-state index in [-0.39, 0.29) is 0 Å².